The number of nitrogens with one attached hydrogen (secondary N) is 1. The van der Waals surface area contributed by atoms with Crippen molar-refractivity contribution in [1.82, 2.24) is 30.1 Å². The van der Waals surface area contributed by atoms with Gasteiger partial charge in [0.2, 0.25) is 5.91 Å². The summed E-state index contributed by atoms with van der Waals surface area (Å²) in [4.78, 5) is 56.4. The number of rotatable bonds is 21. The Morgan fingerprint density at radius 1 is 0.831 bits per heavy atom. The van der Waals surface area contributed by atoms with Crippen molar-refractivity contribution in [3.05, 3.63) is 89.9 Å². The van der Waals surface area contributed by atoms with E-state index in [1.807, 2.05) is 30.6 Å². The van der Waals surface area contributed by atoms with Crippen molar-refractivity contribution in [3.63, 3.8) is 0 Å². The van der Waals surface area contributed by atoms with Gasteiger partial charge in [0, 0.05) is 56.6 Å². The van der Waals surface area contributed by atoms with Crippen LogP contribution >= 0.6 is 0 Å². The molecule has 308 valence electrons. The first kappa shape index (κ1) is 40.8. The minimum atomic E-state index is -0.408. The molecule has 7 rings (SSSR count). The summed E-state index contributed by atoms with van der Waals surface area (Å²) in [5.41, 5.74) is 3.60. The van der Waals surface area contributed by atoms with Crippen LogP contribution in [0.25, 0.3) is 16.3 Å². The smallest absolute Gasteiger partial charge is 0.260 e. The molecule has 0 aliphatic carbocycles. The molecule has 3 aliphatic rings. The molecule has 4 amide bonds. The second-order valence-corrected chi connectivity index (χ2v) is 13.7. The highest BCUT2D eigenvalue weighted by Crippen LogP contribution is 2.40. The first-order chi connectivity index (χ1) is 28.8. The van der Waals surface area contributed by atoms with Crippen LogP contribution in [0, 0.1) is 0 Å². The van der Waals surface area contributed by atoms with E-state index in [9.17, 15) is 19.2 Å². The average Bonchev–Trinajstić information content (AvgIpc) is 3.97. The molecule has 17 nitrogen and oxygen atoms in total. The lowest BCUT2D eigenvalue weighted by Crippen LogP contribution is -2.35. The molecule has 0 fully saturated rings. The Labute approximate surface area is 340 Å². The zero-order valence-corrected chi connectivity index (χ0v) is 32.8. The van der Waals surface area contributed by atoms with E-state index in [1.165, 1.54) is 19.3 Å². The predicted octanol–water partition coefficient (Wildman–Crippen LogP) is 3.48. The van der Waals surface area contributed by atoms with Gasteiger partial charge in [0.15, 0.2) is 11.5 Å². The minimum absolute atomic E-state index is 0.0341. The number of carbonyl (C=O) groups excluding carboxylic acids is 4. The normalized spacial score (nSPS) is 15.7. The summed E-state index contributed by atoms with van der Waals surface area (Å²) in [6.45, 7) is 3.10. The van der Waals surface area contributed by atoms with Gasteiger partial charge in [-0.3, -0.25) is 29.1 Å². The SMILES string of the molecule is COc1ccc2cc(C3=CN4C(=O)c5cc(OCc6cn(CCOCCOCCOCCNC(=O)CCN7C(=O)C=CC7=O)nn6)c(OC)cc5N=C[C@@H]4C3)ccc2c1. The molecule has 3 aromatic carbocycles. The number of imide groups is 1. The molecule has 59 heavy (non-hydrogen) atoms. The number of carbonyl (C=O) groups is 4. The fourth-order valence-electron chi connectivity index (χ4n) is 6.70. The van der Waals surface area contributed by atoms with E-state index >= 15 is 0 Å². The third kappa shape index (κ3) is 10.2. The number of methoxy groups -OCH3 is 2. The topological polar surface area (TPSA) is 185 Å². The number of nitrogens with zero attached hydrogens (tertiary/aromatic N) is 6. The summed E-state index contributed by atoms with van der Waals surface area (Å²) in [6.07, 6.45) is 8.54. The molecule has 1 N–H and O–H groups in total. The zero-order valence-electron chi connectivity index (χ0n) is 32.8. The van der Waals surface area contributed by atoms with Crippen LogP contribution < -0.4 is 19.5 Å². The van der Waals surface area contributed by atoms with Gasteiger partial charge in [0.25, 0.3) is 17.7 Å². The predicted molar refractivity (Wildman–Crippen MR) is 214 cm³/mol. The number of hydrogen-bond donors (Lipinski definition) is 1. The van der Waals surface area contributed by atoms with Crippen LogP contribution in [0.2, 0.25) is 0 Å². The summed E-state index contributed by atoms with van der Waals surface area (Å²) >= 11 is 0. The Morgan fingerprint density at radius 3 is 2.36 bits per heavy atom. The second-order valence-electron chi connectivity index (χ2n) is 13.7. The third-order valence-electron chi connectivity index (χ3n) is 9.83. The van der Waals surface area contributed by atoms with Crippen molar-refractivity contribution >= 4 is 51.9 Å². The van der Waals surface area contributed by atoms with Gasteiger partial charge in [0.1, 0.15) is 18.1 Å². The van der Waals surface area contributed by atoms with Crippen LogP contribution in [0.1, 0.15) is 34.5 Å². The molecule has 0 saturated heterocycles. The number of hydrogen-bond acceptors (Lipinski definition) is 13. The summed E-state index contributed by atoms with van der Waals surface area (Å²) in [7, 11) is 3.19. The van der Waals surface area contributed by atoms with E-state index in [1.54, 1.807) is 35.0 Å². The fraction of sp³-hybridized carbons (Fsp3) is 0.357. The first-order valence-corrected chi connectivity index (χ1v) is 19.2. The number of amides is 4. The molecule has 1 atom stereocenters. The van der Waals surface area contributed by atoms with Crippen LogP contribution in [-0.4, -0.2) is 128 Å². The summed E-state index contributed by atoms with van der Waals surface area (Å²) < 4.78 is 35.4. The molecule has 0 spiro atoms. The lowest BCUT2D eigenvalue weighted by Gasteiger charge is -2.19. The van der Waals surface area contributed by atoms with Gasteiger partial charge in [-0.05, 0) is 46.2 Å². The molecule has 0 radical (unpaired) electrons. The third-order valence-corrected chi connectivity index (χ3v) is 9.83. The lowest BCUT2D eigenvalue weighted by atomic mass is 9.99. The fourth-order valence-corrected chi connectivity index (χ4v) is 6.70. The Kier molecular flexibility index (Phi) is 13.4. The molecule has 0 unspecified atom stereocenters. The number of ether oxygens (including phenoxy) is 6. The maximum absolute atomic E-state index is 13.9. The second kappa shape index (κ2) is 19.3. The molecule has 4 heterocycles. The van der Waals surface area contributed by atoms with Gasteiger partial charge in [0.05, 0.1) is 83.9 Å². The molecule has 0 saturated carbocycles. The van der Waals surface area contributed by atoms with E-state index in [0.29, 0.717) is 87.6 Å². The molecule has 1 aromatic heterocycles. The minimum Gasteiger partial charge on any atom is -0.497 e. The van der Waals surface area contributed by atoms with Crippen molar-refractivity contribution in [3.8, 4) is 17.2 Å². The van der Waals surface area contributed by atoms with E-state index in [2.05, 4.69) is 33.8 Å². The first-order valence-electron chi connectivity index (χ1n) is 19.2. The number of aromatic nitrogens is 3. The number of fused-ring (bicyclic) bond motifs is 3. The Hall–Kier alpha value is -6.43. The number of benzene rings is 3. The van der Waals surface area contributed by atoms with Gasteiger partial charge in [-0.2, -0.15) is 0 Å². The van der Waals surface area contributed by atoms with Crippen LogP contribution in [0.4, 0.5) is 5.69 Å². The maximum Gasteiger partial charge on any atom is 0.260 e. The maximum atomic E-state index is 13.9. The van der Waals surface area contributed by atoms with E-state index in [4.69, 9.17) is 33.4 Å². The highest BCUT2D eigenvalue weighted by atomic mass is 16.5. The number of aliphatic imine (C=N–C) groups is 1. The molecule has 3 aliphatic heterocycles. The van der Waals surface area contributed by atoms with E-state index in [-0.39, 0.29) is 37.4 Å². The van der Waals surface area contributed by atoms with E-state index < -0.39 is 11.8 Å². The highest BCUT2D eigenvalue weighted by molar-refractivity contribution is 6.13. The Morgan fingerprint density at radius 2 is 1.58 bits per heavy atom. The van der Waals surface area contributed by atoms with Crippen LogP contribution in [0.3, 0.4) is 0 Å². The van der Waals surface area contributed by atoms with Gasteiger partial charge in [-0.25, -0.2) is 4.68 Å². The van der Waals surface area contributed by atoms with Gasteiger partial charge in [-0.15, -0.1) is 5.10 Å². The van der Waals surface area contributed by atoms with Gasteiger partial charge in [-0.1, -0.05) is 23.4 Å². The summed E-state index contributed by atoms with van der Waals surface area (Å²) in [5, 5.41) is 13.2. The van der Waals surface area contributed by atoms with Crippen LogP contribution in [0.5, 0.6) is 17.2 Å². The van der Waals surface area contributed by atoms with Crippen molar-refractivity contribution < 1.29 is 47.6 Å². The van der Waals surface area contributed by atoms with Crippen LogP contribution in [-0.2, 0) is 41.7 Å². The van der Waals surface area contributed by atoms with E-state index in [0.717, 1.165) is 32.6 Å². The molecular weight excluding hydrogens is 763 g/mol. The quantitative estimate of drug-likeness (QED) is 0.0957. The van der Waals surface area contributed by atoms with Gasteiger partial charge >= 0.3 is 0 Å². The monoisotopic (exact) mass is 807 g/mol. The van der Waals surface area contributed by atoms with Crippen molar-refractivity contribution in [1.29, 1.82) is 0 Å². The highest BCUT2D eigenvalue weighted by Gasteiger charge is 2.33. The molecule has 17 heteroatoms. The largest absolute Gasteiger partial charge is 0.497 e. The Balaban J connectivity index is 0.801. The van der Waals surface area contributed by atoms with Crippen LogP contribution in [0.15, 0.2) is 78.1 Å². The van der Waals surface area contributed by atoms with Gasteiger partial charge < -0.3 is 38.6 Å². The lowest BCUT2D eigenvalue weighted by molar-refractivity contribution is -0.137. The molecule has 4 aromatic rings. The molecular formula is C42H45N7O10. The zero-order chi connectivity index (χ0) is 41.1. The summed E-state index contributed by atoms with van der Waals surface area (Å²) in [6, 6.07) is 15.4. The van der Waals surface area contributed by atoms with Crippen molar-refractivity contribution in [2.24, 2.45) is 4.99 Å². The van der Waals surface area contributed by atoms with Crippen molar-refractivity contribution in [2.45, 2.75) is 32.0 Å². The van der Waals surface area contributed by atoms with Crippen molar-refractivity contribution in [2.75, 3.05) is 67.0 Å². The molecule has 0 bridgehead atoms. The standard InChI is InChI=1S/C42H45N7O10/c1-54-34-6-5-28-19-29(3-4-30(28)21-34)31-20-33-24-44-36-23-37(55-2)38(22-35(36)42(53)49(33)25-31)59-27-32-26-47(46-45-32)12-14-57-16-18-58-17-15-56-13-10-43-39(50)9-11-48-40(51)7-8-41(48)52/h3-8,19,21-26,33H,9-18,20,27H2,1-2H3,(H,43,50)/t33-/m0/s1. The average molecular weight is 808 g/mol. The summed E-state index contributed by atoms with van der Waals surface area (Å²) in [5.74, 6) is 0.373. The Bertz CT molecular complexity index is 2270.